The predicted molar refractivity (Wildman–Crippen MR) is 107 cm³/mol. The molecule has 2 aromatic rings. The summed E-state index contributed by atoms with van der Waals surface area (Å²) in [5.74, 6) is 0.275. The lowest BCUT2D eigenvalue weighted by Gasteiger charge is -2.38. The number of amides is 1. The zero-order chi connectivity index (χ0) is 19.0. The molecular weight excluding hydrogens is 336 g/mol. The van der Waals surface area contributed by atoms with E-state index in [1.807, 2.05) is 67.4 Å². The van der Waals surface area contributed by atoms with Gasteiger partial charge in [-0.1, -0.05) is 48.0 Å². The summed E-state index contributed by atoms with van der Waals surface area (Å²) in [6.45, 7) is 4.04. The average Bonchev–Trinajstić information content (AvgIpc) is 2.68. The third-order valence-electron chi connectivity index (χ3n) is 5.27. The molecule has 0 saturated carbocycles. The van der Waals surface area contributed by atoms with E-state index in [-0.39, 0.29) is 17.7 Å². The van der Waals surface area contributed by atoms with E-state index in [1.165, 1.54) is 0 Å². The van der Waals surface area contributed by atoms with Gasteiger partial charge in [0.1, 0.15) is 5.75 Å². The SMILES string of the molecule is CC1=NC(c2ccccc2)=CN2C(=O)C(Cc3ccc(O)cc3)=C(C)CC12. The van der Waals surface area contributed by atoms with Gasteiger partial charge in [0.25, 0.3) is 5.91 Å². The summed E-state index contributed by atoms with van der Waals surface area (Å²) >= 11 is 0. The van der Waals surface area contributed by atoms with Gasteiger partial charge >= 0.3 is 0 Å². The summed E-state index contributed by atoms with van der Waals surface area (Å²) in [7, 11) is 0. The molecule has 0 fully saturated rings. The number of rotatable bonds is 3. The van der Waals surface area contributed by atoms with Gasteiger partial charge in [-0.3, -0.25) is 9.79 Å². The summed E-state index contributed by atoms with van der Waals surface area (Å²) in [6.07, 6.45) is 3.25. The molecule has 2 aliphatic heterocycles. The van der Waals surface area contributed by atoms with Crippen molar-refractivity contribution < 1.29 is 9.90 Å². The van der Waals surface area contributed by atoms with Crippen LogP contribution in [0.3, 0.4) is 0 Å². The van der Waals surface area contributed by atoms with E-state index >= 15 is 0 Å². The topological polar surface area (TPSA) is 52.9 Å². The van der Waals surface area contributed by atoms with Crippen LogP contribution in [0.25, 0.3) is 5.70 Å². The minimum absolute atomic E-state index is 0.00599. The van der Waals surface area contributed by atoms with Crippen molar-refractivity contribution in [1.29, 1.82) is 0 Å². The van der Waals surface area contributed by atoms with E-state index in [1.54, 1.807) is 12.1 Å². The molecule has 1 unspecified atom stereocenters. The lowest BCUT2D eigenvalue weighted by Crippen LogP contribution is -2.47. The Labute approximate surface area is 159 Å². The van der Waals surface area contributed by atoms with E-state index in [4.69, 9.17) is 4.99 Å². The van der Waals surface area contributed by atoms with Crippen molar-refractivity contribution in [1.82, 2.24) is 4.90 Å². The second kappa shape index (κ2) is 6.88. The maximum atomic E-state index is 13.3. The van der Waals surface area contributed by atoms with E-state index in [0.29, 0.717) is 6.42 Å². The molecule has 0 radical (unpaired) electrons. The third-order valence-corrected chi connectivity index (χ3v) is 5.27. The fraction of sp³-hybridized carbons (Fsp3) is 0.217. The third kappa shape index (κ3) is 3.31. The van der Waals surface area contributed by atoms with Gasteiger partial charge in [0, 0.05) is 29.5 Å². The quantitative estimate of drug-likeness (QED) is 0.888. The Morgan fingerprint density at radius 3 is 2.48 bits per heavy atom. The lowest BCUT2D eigenvalue weighted by molar-refractivity contribution is -0.126. The number of phenols is 1. The summed E-state index contributed by atoms with van der Waals surface area (Å²) in [5, 5.41) is 9.48. The van der Waals surface area contributed by atoms with Crippen molar-refractivity contribution in [2.45, 2.75) is 32.7 Å². The monoisotopic (exact) mass is 358 g/mol. The Hall–Kier alpha value is -3.14. The first-order valence-corrected chi connectivity index (χ1v) is 9.14. The van der Waals surface area contributed by atoms with Gasteiger partial charge < -0.3 is 10.0 Å². The van der Waals surface area contributed by atoms with Gasteiger partial charge in [-0.25, -0.2) is 0 Å². The minimum Gasteiger partial charge on any atom is -0.508 e. The standard InChI is InChI=1S/C23H22N2O2/c1-15-12-22-16(2)24-21(18-6-4-3-5-7-18)14-25(22)23(27)20(15)13-17-8-10-19(26)11-9-17/h3-11,14,22,26H,12-13H2,1-2H3. The van der Waals surface area contributed by atoms with Crippen LogP contribution in [0.5, 0.6) is 5.75 Å². The Morgan fingerprint density at radius 2 is 1.78 bits per heavy atom. The second-order valence-corrected chi connectivity index (χ2v) is 7.17. The average molecular weight is 358 g/mol. The van der Waals surface area contributed by atoms with Crippen molar-refractivity contribution in [3.63, 3.8) is 0 Å². The largest absolute Gasteiger partial charge is 0.508 e. The molecule has 0 spiro atoms. The van der Waals surface area contributed by atoms with Crippen molar-refractivity contribution >= 4 is 17.3 Å². The molecule has 0 bridgehead atoms. The van der Waals surface area contributed by atoms with Crippen LogP contribution in [0.15, 0.2) is 76.9 Å². The number of hydrogen-bond donors (Lipinski definition) is 1. The van der Waals surface area contributed by atoms with Gasteiger partial charge in [-0.15, -0.1) is 0 Å². The molecule has 1 amide bonds. The second-order valence-electron chi connectivity index (χ2n) is 7.17. The van der Waals surface area contributed by atoms with Crippen molar-refractivity contribution in [3.8, 4) is 5.75 Å². The number of benzene rings is 2. The van der Waals surface area contributed by atoms with Gasteiger partial charge in [-0.2, -0.15) is 0 Å². The highest BCUT2D eigenvalue weighted by Crippen LogP contribution is 2.33. The highest BCUT2D eigenvalue weighted by molar-refractivity contribution is 6.04. The maximum Gasteiger partial charge on any atom is 0.254 e. The van der Waals surface area contributed by atoms with Crippen LogP contribution in [-0.4, -0.2) is 27.7 Å². The number of aromatic hydroxyl groups is 1. The van der Waals surface area contributed by atoms with Crippen LogP contribution in [0, 0.1) is 0 Å². The van der Waals surface area contributed by atoms with Crippen LogP contribution in [0.1, 0.15) is 31.4 Å². The molecule has 2 heterocycles. The first kappa shape index (κ1) is 17.3. The zero-order valence-corrected chi connectivity index (χ0v) is 15.5. The van der Waals surface area contributed by atoms with Crippen LogP contribution >= 0.6 is 0 Å². The number of fused-ring (bicyclic) bond motifs is 1. The molecule has 136 valence electrons. The molecule has 0 saturated heterocycles. The first-order chi connectivity index (χ1) is 13.0. The normalized spacial score (nSPS) is 19.6. The number of nitrogens with zero attached hydrogens (tertiary/aromatic N) is 2. The Morgan fingerprint density at radius 1 is 1.07 bits per heavy atom. The molecule has 4 heteroatoms. The number of aliphatic imine (C=N–C) groups is 1. The molecule has 0 aliphatic carbocycles. The molecule has 0 aromatic heterocycles. The van der Waals surface area contributed by atoms with Gasteiger partial charge in [0.15, 0.2) is 0 Å². The first-order valence-electron chi connectivity index (χ1n) is 9.14. The zero-order valence-electron chi connectivity index (χ0n) is 15.5. The van der Waals surface area contributed by atoms with Gasteiger partial charge in [0.2, 0.25) is 0 Å². The Bertz CT molecular complexity index is 969. The Kier molecular flexibility index (Phi) is 4.40. The molecule has 4 rings (SSSR count). The van der Waals surface area contributed by atoms with Crippen molar-refractivity contribution in [2.75, 3.05) is 0 Å². The smallest absolute Gasteiger partial charge is 0.254 e. The van der Waals surface area contributed by atoms with Crippen LogP contribution in [0.4, 0.5) is 0 Å². The van der Waals surface area contributed by atoms with E-state index < -0.39 is 0 Å². The molecular formula is C23H22N2O2. The van der Waals surface area contributed by atoms with E-state index in [9.17, 15) is 9.90 Å². The van der Waals surface area contributed by atoms with Gasteiger partial charge in [0.05, 0.1) is 11.7 Å². The minimum atomic E-state index is -0.00599. The lowest BCUT2D eigenvalue weighted by atomic mass is 9.88. The molecule has 1 N–H and O–H groups in total. The van der Waals surface area contributed by atoms with Crippen LogP contribution < -0.4 is 0 Å². The number of carbonyl (C=O) groups excluding carboxylic acids is 1. The summed E-state index contributed by atoms with van der Waals surface area (Å²) in [6, 6.07) is 17.0. The summed E-state index contributed by atoms with van der Waals surface area (Å²) in [4.78, 5) is 19.9. The number of phenolic OH excluding ortho intramolecular Hbond substituents is 1. The predicted octanol–water partition coefficient (Wildman–Crippen LogP) is 4.33. The maximum absolute atomic E-state index is 13.3. The highest BCUT2D eigenvalue weighted by Gasteiger charge is 2.35. The van der Waals surface area contributed by atoms with Crippen molar-refractivity contribution in [2.24, 2.45) is 4.99 Å². The van der Waals surface area contributed by atoms with Gasteiger partial charge in [-0.05, 0) is 38.0 Å². The fourth-order valence-corrected chi connectivity index (χ4v) is 3.71. The van der Waals surface area contributed by atoms with Crippen molar-refractivity contribution in [3.05, 3.63) is 83.1 Å². The molecule has 1 atom stereocenters. The van der Waals surface area contributed by atoms with Crippen LogP contribution in [0.2, 0.25) is 0 Å². The highest BCUT2D eigenvalue weighted by atomic mass is 16.3. The van der Waals surface area contributed by atoms with Crippen LogP contribution in [-0.2, 0) is 11.2 Å². The number of hydrogen-bond acceptors (Lipinski definition) is 3. The molecule has 27 heavy (non-hydrogen) atoms. The Balaban J connectivity index is 1.67. The summed E-state index contributed by atoms with van der Waals surface area (Å²) in [5.41, 5.74) is 5.75. The summed E-state index contributed by atoms with van der Waals surface area (Å²) < 4.78 is 0. The molecule has 2 aromatic carbocycles. The fourth-order valence-electron chi connectivity index (χ4n) is 3.71. The number of carbonyl (C=O) groups is 1. The van der Waals surface area contributed by atoms with E-state index in [0.717, 1.165) is 40.1 Å². The molecule has 2 aliphatic rings. The van der Waals surface area contributed by atoms with E-state index in [2.05, 4.69) is 0 Å². The molecule has 4 nitrogen and oxygen atoms in total.